The van der Waals surface area contributed by atoms with Gasteiger partial charge in [0.25, 0.3) is 5.56 Å². The standard InChI is InChI=1S/C14H8ClFN2O/c15-12-9(5-3-6-10(12)16)13-17-11-7-2-1-4-8(11)14(19)18-13/h1-7H,(H,17,18,19). The summed E-state index contributed by atoms with van der Waals surface area (Å²) in [5.74, 6) is -0.289. The Balaban J connectivity index is 2.32. The van der Waals surface area contributed by atoms with E-state index in [4.69, 9.17) is 11.6 Å². The first-order chi connectivity index (χ1) is 9.16. The van der Waals surface area contributed by atoms with Crippen LogP contribution in [-0.2, 0) is 0 Å². The van der Waals surface area contributed by atoms with Crippen LogP contribution in [0.2, 0.25) is 5.02 Å². The van der Waals surface area contributed by atoms with Crippen LogP contribution in [0, 0.1) is 5.82 Å². The molecule has 0 aliphatic carbocycles. The lowest BCUT2D eigenvalue weighted by Crippen LogP contribution is -2.09. The highest BCUT2D eigenvalue weighted by Crippen LogP contribution is 2.27. The van der Waals surface area contributed by atoms with Crippen LogP contribution in [0.15, 0.2) is 47.3 Å². The van der Waals surface area contributed by atoms with Gasteiger partial charge in [-0.1, -0.05) is 29.8 Å². The van der Waals surface area contributed by atoms with Gasteiger partial charge in [-0.3, -0.25) is 4.79 Å². The van der Waals surface area contributed by atoms with E-state index in [1.54, 1.807) is 30.3 Å². The van der Waals surface area contributed by atoms with Crippen LogP contribution >= 0.6 is 11.6 Å². The maximum Gasteiger partial charge on any atom is 0.259 e. The van der Waals surface area contributed by atoms with Crippen LogP contribution in [-0.4, -0.2) is 9.97 Å². The van der Waals surface area contributed by atoms with E-state index in [2.05, 4.69) is 9.97 Å². The molecule has 0 aliphatic heterocycles. The number of benzene rings is 2. The predicted octanol–water partition coefficient (Wildman–Crippen LogP) is 3.38. The fourth-order valence-electron chi connectivity index (χ4n) is 1.90. The summed E-state index contributed by atoms with van der Waals surface area (Å²) in [4.78, 5) is 18.9. The summed E-state index contributed by atoms with van der Waals surface area (Å²) < 4.78 is 13.4. The molecule has 3 rings (SSSR count). The maximum absolute atomic E-state index is 13.4. The molecule has 5 heteroatoms. The van der Waals surface area contributed by atoms with Gasteiger partial charge < -0.3 is 4.98 Å². The van der Waals surface area contributed by atoms with Gasteiger partial charge in [0.05, 0.1) is 15.9 Å². The molecular weight excluding hydrogens is 267 g/mol. The summed E-state index contributed by atoms with van der Waals surface area (Å²) in [5.41, 5.74) is 0.632. The molecule has 0 unspecified atom stereocenters. The molecule has 0 saturated heterocycles. The second-order valence-corrected chi connectivity index (χ2v) is 4.41. The molecule has 0 amide bonds. The Hall–Kier alpha value is -2.20. The van der Waals surface area contributed by atoms with E-state index >= 15 is 0 Å². The summed E-state index contributed by atoms with van der Waals surface area (Å²) in [6.45, 7) is 0. The molecular formula is C14H8ClFN2O. The van der Waals surface area contributed by atoms with Gasteiger partial charge >= 0.3 is 0 Å². The molecule has 1 aromatic heterocycles. The van der Waals surface area contributed by atoms with Crippen molar-refractivity contribution in [3.63, 3.8) is 0 Å². The number of H-pyrrole nitrogens is 1. The second kappa shape index (κ2) is 4.48. The van der Waals surface area contributed by atoms with Crippen molar-refractivity contribution in [2.45, 2.75) is 0 Å². The molecule has 3 nitrogen and oxygen atoms in total. The fourth-order valence-corrected chi connectivity index (χ4v) is 2.12. The van der Waals surface area contributed by atoms with Crippen molar-refractivity contribution in [2.75, 3.05) is 0 Å². The van der Waals surface area contributed by atoms with Crippen molar-refractivity contribution >= 4 is 22.5 Å². The molecule has 0 saturated carbocycles. The number of fused-ring (bicyclic) bond motifs is 1. The lowest BCUT2D eigenvalue weighted by Gasteiger charge is -2.05. The number of aromatic amines is 1. The van der Waals surface area contributed by atoms with Crippen LogP contribution in [0.4, 0.5) is 4.39 Å². The largest absolute Gasteiger partial charge is 0.306 e. The fraction of sp³-hybridized carbons (Fsp3) is 0. The van der Waals surface area contributed by atoms with Gasteiger partial charge in [-0.15, -0.1) is 0 Å². The molecule has 0 bridgehead atoms. The third kappa shape index (κ3) is 2.00. The van der Waals surface area contributed by atoms with Gasteiger partial charge in [-0.05, 0) is 24.3 Å². The lowest BCUT2D eigenvalue weighted by atomic mass is 10.2. The van der Waals surface area contributed by atoms with Crippen LogP contribution in [0.3, 0.4) is 0 Å². The summed E-state index contributed by atoms with van der Waals surface area (Å²) in [6.07, 6.45) is 0. The lowest BCUT2D eigenvalue weighted by molar-refractivity contribution is 0.628. The molecule has 0 spiro atoms. The van der Waals surface area contributed by atoms with Crippen molar-refractivity contribution in [3.05, 3.63) is 63.7 Å². The molecule has 3 aromatic rings. The van der Waals surface area contributed by atoms with Gasteiger partial charge in [-0.2, -0.15) is 0 Å². The number of para-hydroxylation sites is 1. The second-order valence-electron chi connectivity index (χ2n) is 4.03. The highest BCUT2D eigenvalue weighted by molar-refractivity contribution is 6.33. The Morgan fingerprint density at radius 2 is 1.89 bits per heavy atom. The first kappa shape index (κ1) is 11.9. The molecule has 94 valence electrons. The molecule has 0 fully saturated rings. The zero-order valence-electron chi connectivity index (χ0n) is 9.65. The smallest absolute Gasteiger partial charge is 0.259 e. The molecule has 0 radical (unpaired) electrons. The molecule has 19 heavy (non-hydrogen) atoms. The number of hydrogen-bond donors (Lipinski definition) is 1. The average Bonchev–Trinajstić information content (AvgIpc) is 2.42. The Morgan fingerprint density at radius 3 is 2.74 bits per heavy atom. The van der Waals surface area contributed by atoms with Crippen LogP contribution in [0.25, 0.3) is 22.3 Å². The van der Waals surface area contributed by atoms with Gasteiger partial charge in [0, 0.05) is 5.56 Å². The van der Waals surface area contributed by atoms with E-state index < -0.39 is 5.82 Å². The van der Waals surface area contributed by atoms with E-state index in [9.17, 15) is 9.18 Å². The Labute approximate surface area is 112 Å². The number of halogens is 2. The summed E-state index contributed by atoms with van der Waals surface area (Å²) in [7, 11) is 0. The van der Waals surface area contributed by atoms with E-state index in [1.807, 2.05) is 0 Å². The summed E-state index contributed by atoms with van der Waals surface area (Å²) in [5, 5.41) is 0.430. The molecule has 0 aliphatic rings. The van der Waals surface area contributed by atoms with Crippen molar-refractivity contribution in [3.8, 4) is 11.4 Å². The predicted molar refractivity (Wildman–Crippen MR) is 72.8 cm³/mol. The van der Waals surface area contributed by atoms with E-state index in [0.717, 1.165) is 0 Å². The first-order valence-corrected chi connectivity index (χ1v) is 5.98. The number of hydrogen-bond acceptors (Lipinski definition) is 2. The van der Waals surface area contributed by atoms with Crippen molar-refractivity contribution in [1.29, 1.82) is 0 Å². The highest BCUT2D eigenvalue weighted by atomic mass is 35.5. The molecule has 1 N–H and O–H groups in total. The van der Waals surface area contributed by atoms with E-state index in [-0.39, 0.29) is 16.4 Å². The molecule has 1 heterocycles. The van der Waals surface area contributed by atoms with E-state index in [0.29, 0.717) is 16.5 Å². The van der Waals surface area contributed by atoms with E-state index in [1.165, 1.54) is 12.1 Å². The first-order valence-electron chi connectivity index (χ1n) is 5.60. The Bertz CT molecular complexity index is 829. The van der Waals surface area contributed by atoms with Crippen LogP contribution < -0.4 is 5.56 Å². The van der Waals surface area contributed by atoms with Gasteiger partial charge in [0.1, 0.15) is 11.6 Å². The Kier molecular flexibility index (Phi) is 2.80. The SMILES string of the molecule is O=c1[nH]c(-c2cccc(F)c2Cl)nc2ccccc12. The maximum atomic E-state index is 13.4. The van der Waals surface area contributed by atoms with Gasteiger partial charge in [0.15, 0.2) is 0 Å². The minimum absolute atomic E-state index is 0.0547. The third-order valence-corrected chi connectivity index (χ3v) is 3.20. The topological polar surface area (TPSA) is 45.8 Å². The summed E-state index contributed by atoms with van der Waals surface area (Å²) >= 11 is 5.89. The van der Waals surface area contributed by atoms with Crippen LogP contribution in [0.5, 0.6) is 0 Å². The van der Waals surface area contributed by atoms with Crippen molar-refractivity contribution in [2.24, 2.45) is 0 Å². The Morgan fingerprint density at radius 1 is 1.11 bits per heavy atom. The monoisotopic (exact) mass is 274 g/mol. The zero-order valence-corrected chi connectivity index (χ0v) is 10.4. The number of nitrogens with one attached hydrogen (secondary N) is 1. The number of nitrogens with zero attached hydrogens (tertiary/aromatic N) is 1. The minimum Gasteiger partial charge on any atom is -0.306 e. The third-order valence-electron chi connectivity index (χ3n) is 2.82. The van der Waals surface area contributed by atoms with Crippen molar-refractivity contribution < 1.29 is 4.39 Å². The van der Waals surface area contributed by atoms with Gasteiger partial charge in [-0.25, -0.2) is 9.37 Å². The highest BCUT2D eigenvalue weighted by Gasteiger charge is 2.11. The van der Waals surface area contributed by atoms with Crippen LogP contribution in [0.1, 0.15) is 0 Å². The summed E-state index contributed by atoms with van der Waals surface area (Å²) in [6, 6.07) is 11.3. The quantitative estimate of drug-likeness (QED) is 0.739. The van der Waals surface area contributed by atoms with Gasteiger partial charge in [0.2, 0.25) is 0 Å². The number of rotatable bonds is 1. The normalized spacial score (nSPS) is 10.8. The minimum atomic E-state index is -0.546. The molecule has 2 aromatic carbocycles. The van der Waals surface area contributed by atoms with Crippen molar-refractivity contribution in [1.82, 2.24) is 9.97 Å². The average molecular weight is 275 g/mol. The number of aromatic nitrogens is 2. The molecule has 0 atom stereocenters. The zero-order chi connectivity index (χ0) is 13.4.